The number of carbonyl (C=O) groups is 1. The lowest BCUT2D eigenvalue weighted by Crippen LogP contribution is -2.53. The highest BCUT2D eigenvalue weighted by Gasteiger charge is 2.45. The van der Waals surface area contributed by atoms with Gasteiger partial charge >= 0.3 is 0 Å². The number of sulfone groups is 1. The van der Waals surface area contributed by atoms with Gasteiger partial charge in [0.05, 0.1) is 30.3 Å². The maximum absolute atomic E-state index is 12.9. The molecule has 2 aliphatic rings. The first-order valence-electron chi connectivity index (χ1n) is 7.30. The first-order chi connectivity index (χ1) is 10.4. The largest absolute Gasteiger partial charge is 0.373 e. The van der Waals surface area contributed by atoms with Gasteiger partial charge in [-0.05, 0) is 24.1 Å². The number of nitrogens with zero attached hydrogens (tertiary/aromatic N) is 1. The first kappa shape index (κ1) is 15.4. The van der Waals surface area contributed by atoms with Gasteiger partial charge in [0.1, 0.15) is 5.82 Å². The lowest BCUT2D eigenvalue weighted by atomic mass is 10.1. The molecule has 0 radical (unpaired) electrons. The van der Waals surface area contributed by atoms with E-state index in [1.54, 1.807) is 17.0 Å². The molecule has 1 aromatic rings. The van der Waals surface area contributed by atoms with Crippen molar-refractivity contribution < 1.29 is 22.3 Å². The van der Waals surface area contributed by atoms with Crippen molar-refractivity contribution in [1.82, 2.24) is 4.90 Å². The van der Waals surface area contributed by atoms with Gasteiger partial charge in [-0.15, -0.1) is 0 Å². The van der Waals surface area contributed by atoms with Crippen LogP contribution < -0.4 is 0 Å². The van der Waals surface area contributed by atoms with Crippen LogP contribution in [0, 0.1) is 5.82 Å². The Labute approximate surface area is 129 Å². The number of hydrogen-bond acceptors (Lipinski definition) is 4. The number of ether oxygens (including phenoxy) is 1. The quantitative estimate of drug-likeness (QED) is 0.823. The molecule has 22 heavy (non-hydrogen) atoms. The molecule has 120 valence electrons. The van der Waals surface area contributed by atoms with Gasteiger partial charge in [0.2, 0.25) is 5.91 Å². The Morgan fingerprint density at radius 3 is 2.73 bits per heavy atom. The van der Waals surface area contributed by atoms with Gasteiger partial charge < -0.3 is 9.64 Å². The molecule has 2 fully saturated rings. The summed E-state index contributed by atoms with van der Waals surface area (Å²) in [5.74, 6) is -0.388. The van der Waals surface area contributed by atoms with Crippen LogP contribution in [0.5, 0.6) is 0 Å². The number of rotatable bonds is 3. The number of hydrogen-bond donors (Lipinski definition) is 0. The molecule has 5 nitrogen and oxygen atoms in total. The number of halogens is 1. The van der Waals surface area contributed by atoms with Crippen LogP contribution in [0.4, 0.5) is 4.39 Å². The zero-order valence-electron chi connectivity index (χ0n) is 12.1. The Morgan fingerprint density at radius 2 is 2.00 bits per heavy atom. The fourth-order valence-corrected chi connectivity index (χ4v) is 4.94. The van der Waals surface area contributed by atoms with Gasteiger partial charge in [-0.3, -0.25) is 4.79 Å². The van der Waals surface area contributed by atoms with Crippen LogP contribution in [0.25, 0.3) is 0 Å². The molecule has 7 heteroatoms. The summed E-state index contributed by atoms with van der Waals surface area (Å²) in [5.41, 5.74) is 0.888. The zero-order valence-corrected chi connectivity index (χ0v) is 12.9. The maximum Gasteiger partial charge on any atom is 0.223 e. The van der Waals surface area contributed by atoms with Crippen LogP contribution in [-0.4, -0.2) is 56.0 Å². The summed E-state index contributed by atoms with van der Waals surface area (Å²) in [6.45, 7) is 0.803. The molecular weight excluding hydrogens is 309 g/mol. The summed E-state index contributed by atoms with van der Waals surface area (Å²) in [4.78, 5) is 14.0. The van der Waals surface area contributed by atoms with Crippen molar-refractivity contribution in [2.75, 3.05) is 24.7 Å². The smallest absolute Gasteiger partial charge is 0.223 e. The van der Waals surface area contributed by atoms with Crippen molar-refractivity contribution in [2.24, 2.45) is 0 Å². The van der Waals surface area contributed by atoms with Crippen LogP contribution in [0.3, 0.4) is 0 Å². The van der Waals surface area contributed by atoms with Crippen molar-refractivity contribution in [3.05, 3.63) is 35.6 Å². The third kappa shape index (κ3) is 3.30. The summed E-state index contributed by atoms with van der Waals surface area (Å²) in [7, 11) is -3.13. The minimum absolute atomic E-state index is 0.000587. The minimum Gasteiger partial charge on any atom is -0.373 e. The van der Waals surface area contributed by atoms with Crippen molar-refractivity contribution >= 4 is 15.7 Å². The van der Waals surface area contributed by atoms with Gasteiger partial charge in [-0.2, -0.15) is 0 Å². The highest BCUT2D eigenvalue weighted by atomic mass is 32.2. The van der Waals surface area contributed by atoms with E-state index >= 15 is 0 Å². The molecule has 0 N–H and O–H groups in total. The van der Waals surface area contributed by atoms with Crippen molar-refractivity contribution in [1.29, 1.82) is 0 Å². The number of morpholine rings is 1. The SMILES string of the molecule is O=C(CCc1ccc(F)cc1)N1CCOC2CS(=O)(=O)CC21. The van der Waals surface area contributed by atoms with Crippen LogP contribution in [0.15, 0.2) is 24.3 Å². The van der Waals surface area contributed by atoms with Gasteiger partial charge in [-0.25, -0.2) is 12.8 Å². The molecular formula is C15H18FNO4S. The molecule has 0 saturated carbocycles. The molecule has 1 aromatic carbocycles. The number of aryl methyl sites for hydroxylation is 1. The van der Waals surface area contributed by atoms with E-state index in [1.807, 2.05) is 0 Å². The van der Waals surface area contributed by atoms with E-state index in [-0.39, 0.29) is 35.7 Å². The molecule has 2 saturated heterocycles. The van der Waals surface area contributed by atoms with Gasteiger partial charge in [0.25, 0.3) is 0 Å². The van der Waals surface area contributed by atoms with E-state index < -0.39 is 15.9 Å². The molecule has 0 aromatic heterocycles. The summed E-state index contributed by atoms with van der Waals surface area (Å²) in [5, 5.41) is 0. The average Bonchev–Trinajstić information content (AvgIpc) is 2.80. The van der Waals surface area contributed by atoms with Crippen molar-refractivity contribution in [2.45, 2.75) is 25.0 Å². The van der Waals surface area contributed by atoms with E-state index in [0.717, 1.165) is 5.56 Å². The van der Waals surface area contributed by atoms with E-state index in [4.69, 9.17) is 4.74 Å². The van der Waals surface area contributed by atoms with E-state index in [9.17, 15) is 17.6 Å². The summed E-state index contributed by atoms with van der Waals surface area (Å²) in [6.07, 6.45) is 0.406. The number of amides is 1. The highest BCUT2D eigenvalue weighted by Crippen LogP contribution is 2.25. The molecule has 2 heterocycles. The van der Waals surface area contributed by atoms with Crippen LogP contribution >= 0.6 is 0 Å². The third-order valence-electron chi connectivity index (χ3n) is 4.20. The monoisotopic (exact) mass is 327 g/mol. The fourth-order valence-electron chi connectivity index (χ4n) is 3.07. The minimum atomic E-state index is -3.13. The van der Waals surface area contributed by atoms with Crippen LogP contribution in [0.2, 0.25) is 0 Å². The molecule has 1 amide bonds. The summed E-state index contributed by atoms with van der Waals surface area (Å²) in [6, 6.07) is 5.69. The van der Waals surface area contributed by atoms with E-state index in [2.05, 4.69) is 0 Å². The van der Waals surface area contributed by atoms with E-state index in [1.165, 1.54) is 12.1 Å². The van der Waals surface area contributed by atoms with Crippen molar-refractivity contribution in [3.63, 3.8) is 0 Å². The molecule has 2 unspecified atom stereocenters. The normalized spacial score (nSPS) is 26.7. The fraction of sp³-hybridized carbons (Fsp3) is 0.533. The van der Waals surface area contributed by atoms with Gasteiger partial charge in [-0.1, -0.05) is 12.1 Å². The number of carbonyl (C=O) groups excluding carboxylic acids is 1. The molecule has 2 aliphatic heterocycles. The standard InChI is InChI=1S/C15H18FNO4S/c16-12-4-1-11(2-5-12)3-6-15(18)17-7-8-21-14-10-22(19,20)9-13(14)17/h1-2,4-5,13-14H,3,6-10H2. The summed E-state index contributed by atoms with van der Waals surface area (Å²) < 4.78 is 41.8. The lowest BCUT2D eigenvalue weighted by Gasteiger charge is -2.36. The summed E-state index contributed by atoms with van der Waals surface area (Å²) >= 11 is 0. The predicted octanol–water partition coefficient (Wildman–Crippen LogP) is 0.783. The first-order valence-corrected chi connectivity index (χ1v) is 9.13. The third-order valence-corrected chi connectivity index (χ3v) is 5.88. The number of fused-ring (bicyclic) bond motifs is 1. The molecule has 0 bridgehead atoms. The molecule has 3 rings (SSSR count). The van der Waals surface area contributed by atoms with Gasteiger partial charge in [0, 0.05) is 13.0 Å². The second kappa shape index (κ2) is 5.96. The topological polar surface area (TPSA) is 63.7 Å². The maximum atomic E-state index is 12.9. The van der Waals surface area contributed by atoms with Crippen LogP contribution in [0.1, 0.15) is 12.0 Å². The molecule has 0 aliphatic carbocycles. The lowest BCUT2D eigenvalue weighted by molar-refractivity contribution is -0.142. The van der Waals surface area contributed by atoms with Crippen LogP contribution in [-0.2, 0) is 25.8 Å². The second-order valence-electron chi connectivity index (χ2n) is 5.77. The Bertz CT molecular complexity index is 659. The van der Waals surface area contributed by atoms with E-state index in [0.29, 0.717) is 19.6 Å². The van der Waals surface area contributed by atoms with Gasteiger partial charge in [0.15, 0.2) is 9.84 Å². The Kier molecular flexibility index (Phi) is 4.18. The second-order valence-corrected chi connectivity index (χ2v) is 7.92. The Morgan fingerprint density at radius 1 is 1.27 bits per heavy atom. The molecule has 2 atom stereocenters. The average molecular weight is 327 g/mol. The Hall–Kier alpha value is -1.47. The van der Waals surface area contributed by atoms with Crippen molar-refractivity contribution in [3.8, 4) is 0 Å². The zero-order chi connectivity index (χ0) is 15.7. The predicted molar refractivity (Wildman–Crippen MR) is 78.6 cm³/mol. The highest BCUT2D eigenvalue weighted by molar-refractivity contribution is 7.91. The molecule has 0 spiro atoms. The Balaban J connectivity index is 1.63. The number of benzene rings is 1.